The van der Waals surface area contributed by atoms with Gasteiger partial charge in [0.1, 0.15) is 5.56 Å². The van der Waals surface area contributed by atoms with Gasteiger partial charge in [0.05, 0.1) is 4.92 Å². The number of carbonyl (C=O) groups excluding carboxylic acids is 1. The minimum atomic E-state index is -0.811. The third-order valence-corrected chi connectivity index (χ3v) is 2.39. The Morgan fingerprint density at radius 1 is 1.65 bits per heavy atom. The highest BCUT2D eigenvalue weighted by Gasteiger charge is 2.22. The van der Waals surface area contributed by atoms with Crippen LogP contribution in [0.2, 0.25) is 0 Å². The van der Waals surface area contributed by atoms with Crippen LogP contribution in [0.4, 0.5) is 5.69 Å². The summed E-state index contributed by atoms with van der Waals surface area (Å²) in [6.45, 7) is 1.50. The van der Waals surface area contributed by atoms with E-state index in [2.05, 4.69) is 21.9 Å². The molecule has 1 atom stereocenters. The van der Waals surface area contributed by atoms with Gasteiger partial charge in [-0.1, -0.05) is 21.9 Å². The van der Waals surface area contributed by atoms with Gasteiger partial charge in [-0.2, -0.15) is 0 Å². The van der Waals surface area contributed by atoms with E-state index in [9.17, 15) is 14.9 Å². The van der Waals surface area contributed by atoms with Crippen molar-refractivity contribution < 1.29 is 14.5 Å². The smallest absolute Gasteiger partial charge is 0.346 e. The zero-order valence-corrected chi connectivity index (χ0v) is 10.4. The number of nitro benzene ring substituents is 1. The van der Waals surface area contributed by atoms with E-state index in [-0.39, 0.29) is 11.3 Å². The second kappa shape index (κ2) is 5.46. The molecule has 0 saturated carbocycles. The summed E-state index contributed by atoms with van der Waals surface area (Å²) in [6, 6.07) is 4.06. The fourth-order valence-corrected chi connectivity index (χ4v) is 1.44. The summed E-state index contributed by atoms with van der Waals surface area (Å²) in [5.74, 6) is 1.39. The summed E-state index contributed by atoms with van der Waals surface area (Å²) in [6.07, 6.45) is 4.32. The van der Waals surface area contributed by atoms with Crippen molar-refractivity contribution in [3.63, 3.8) is 0 Å². The Kier molecular flexibility index (Phi) is 4.24. The van der Waals surface area contributed by atoms with Crippen molar-refractivity contribution in [1.82, 2.24) is 0 Å². The number of benzene rings is 1. The first kappa shape index (κ1) is 13.2. The van der Waals surface area contributed by atoms with Gasteiger partial charge in [-0.3, -0.25) is 10.1 Å². The van der Waals surface area contributed by atoms with Crippen LogP contribution >= 0.6 is 15.9 Å². The van der Waals surface area contributed by atoms with Crippen molar-refractivity contribution in [2.75, 3.05) is 0 Å². The number of carbonyl (C=O) groups is 1. The van der Waals surface area contributed by atoms with Gasteiger partial charge in [0, 0.05) is 10.5 Å². The van der Waals surface area contributed by atoms with Crippen molar-refractivity contribution in [2.45, 2.75) is 13.0 Å². The van der Waals surface area contributed by atoms with Gasteiger partial charge in [0.2, 0.25) is 0 Å². The molecule has 0 bridgehead atoms. The summed E-state index contributed by atoms with van der Waals surface area (Å²) in [5.41, 5.74) is -0.450. The topological polar surface area (TPSA) is 69.4 Å². The quantitative estimate of drug-likeness (QED) is 0.372. The summed E-state index contributed by atoms with van der Waals surface area (Å²) >= 11 is 3.09. The number of halogens is 1. The molecule has 0 heterocycles. The van der Waals surface area contributed by atoms with Crippen LogP contribution in [0.3, 0.4) is 0 Å². The van der Waals surface area contributed by atoms with Crippen LogP contribution in [-0.4, -0.2) is 17.0 Å². The highest BCUT2D eigenvalue weighted by Crippen LogP contribution is 2.24. The summed E-state index contributed by atoms with van der Waals surface area (Å²) in [7, 11) is 0. The van der Waals surface area contributed by atoms with Crippen LogP contribution in [0.15, 0.2) is 22.7 Å². The van der Waals surface area contributed by atoms with Crippen LogP contribution in [0.5, 0.6) is 0 Å². The second-order valence-corrected chi connectivity index (χ2v) is 4.05. The Morgan fingerprint density at radius 3 is 2.82 bits per heavy atom. The van der Waals surface area contributed by atoms with Gasteiger partial charge in [-0.15, -0.1) is 6.42 Å². The van der Waals surface area contributed by atoms with Crippen LogP contribution in [-0.2, 0) is 4.74 Å². The van der Waals surface area contributed by atoms with Gasteiger partial charge in [0.25, 0.3) is 5.69 Å². The molecule has 0 fully saturated rings. The van der Waals surface area contributed by atoms with E-state index >= 15 is 0 Å². The Hall–Kier alpha value is -1.87. The van der Waals surface area contributed by atoms with Gasteiger partial charge in [0.15, 0.2) is 6.10 Å². The second-order valence-electron chi connectivity index (χ2n) is 3.13. The fraction of sp³-hybridized carbons (Fsp3) is 0.182. The fourth-order valence-electron chi connectivity index (χ4n) is 1.09. The molecule has 6 heteroatoms. The van der Waals surface area contributed by atoms with Gasteiger partial charge in [-0.05, 0) is 19.1 Å². The summed E-state index contributed by atoms with van der Waals surface area (Å²) in [4.78, 5) is 21.7. The Labute approximate surface area is 106 Å². The Balaban J connectivity index is 3.10. The average Bonchev–Trinajstić information content (AvgIpc) is 2.28. The zero-order chi connectivity index (χ0) is 13.0. The number of nitro groups is 1. The maximum absolute atomic E-state index is 11.6. The number of terminal acetylenes is 1. The standard InChI is InChI=1S/C11H8BrNO4/c1-3-7(2)17-11(14)9-5-4-8(12)6-10(9)13(15)16/h1,4-7H,2H3/t7-/m1/s1. The maximum Gasteiger partial charge on any atom is 0.346 e. The predicted octanol–water partition coefficient (Wildman–Crippen LogP) is 2.54. The van der Waals surface area contributed by atoms with Crippen LogP contribution < -0.4 is 0 Å². The highest BCUT2D eigenvalue weighted by molar-refractivity contribution is 9.10. The number of hydrogen-bond acceptors (Lipinski definition) is 4. The predicted molar refractivity (Wildman–Crippen MR) is 64.5 cm³/mol. The maximum atomic E-state index is 11.6. The molecule has 0 radical (unpaired) electrons. The Bertz CT molecular complexity index is 507. The third kappa shape index (κ3) is 3.29. The first-order valence-corrected chi connectivity index (χ1v) is 5.36. The van der Waals surface area contributed by atoms with E-state index in [0.717, 1.165) is 0 Å². The number of rotatable bonds is 3. The first-order chi connectivity index (χ1) is 7.95. The molecular formula is C11H8BrNO4. The monoisotopic (exact) mass is 297 g/mol. The SMILES string of the molecule is C#C[C@@H](C)OC(=O)c1ccc(Br)cc1[N+](=O)[O-]. The minimum Gasteiger partial charge on any atom is -0.446 e. The first-order valence-electron chi connectivity index (χ1n) is 4.56. The number of ether oxygens (including phenoxy) is 1. The van der Waals surface area contributed by atoms with E-state index in [0.29, 0.717) is 4.47 Å². The van der Waals surface area contributed by atoms with E-state index in [1.165, 1.54) is 25.1 Å². The molecule has 0 unspecified atom stereocenters. The summed E-state index contributed by atoms with van der Waals surface area (Å²) < 4.78 is 5.33. The lowest BCUT2D eigenvalue weighted by atomic mass is 10.2. The largest absolute Gasteiger partial charge is 0.446 e. The van der Waals surface area contributed by atoms with E-state index < -0.39 is 17.0 Å². The molecule has 1 aromatic rings. The van der Waals surface area contributed by atoms with Crippen molar-refractivity contribution in [2.24, 2.45) is 0 Å². The van der Waals surface area contributed by atoms with Crippen molar-refractivity contribution in [1.29, 1.82) is 0 Å². The molecule has 1 rings (SSSR count). The van der Waals surface area contributed by atoms with Crippen LogP contribution in [0, 0.1) is 22.5 Å². The molecule has 17 heavy (non-hydrogen) atoms. The average molecular weight is 298 g/mol. The van der Waals surface area contributed by atoms with Crippen LogP contribution in [0.25, 0.3) is 0 Å². The lowest BCUT2D eigenvalue weighted by molar-refractivity contribution is -0.385. The lowest BCUT2D eigenvalue weighted by Gasteiger charge is -2.07. The molecule has 0 spiro atoms. The molecule has 0 amide bonds. The van der Waals surface area contributed by atoms with Crippen molar-refractivity contribution in [3.05, 3.63) is 38.3 Å². The molecule has 88 valence electrons. The molecule has 0 saturated heterocycles. The third-order valence-electron chi connectivity index (χ3n) is 1.89. The molecule has 0 aliphatic carbocycles. The van der Waals surface area contributed by atoms with E-state index in [1.54, 1.807) is 0 Å². The molecule has 5 nitrogen and oxygen atoms in total. The molecule has 0 aromatic heterocycles. The lowest BCUT2D eigenvalue weighted by Crippen LogP contribution is -2.14. The van der Waals surface area contributed by atoms with E-state index in [1.807, 2.05) is 0 Å². The molecular weight excluding hydrogens is 290 g/mol. The number of esters is 1. The van der Waals surface area contributed by atoms with Crippen molar-refractivity contribution in [3.8, 4) is 12.3 Å². The number of hydrogen-bond donors (Lipinski definition) is 0. The molecule has 0 aliphatic rings. The Morgan fingerprint density at radius 2 is 2.29 bits per heavy atom. The van der Waals surface area contributed by atoms with Gasteiger partial charge in [-0.25, -0.2) is 4.79 Å². The van der Waals surface area contributed by atoms with Gasteiger partial charge < -0.3 is 4.74 Å². The summed E-state index contributed by atoms with van der Waals surface area (Å²) in [5, 5.41) is 10.8. The molecule has 0 aliphatic heterocycles. The van der Waals surface area contributed by atoms with Crippen LogP contribution in [0.1, 0.15) is 17.3 Å². The molecule has 1 aromatic carbocycles. The zero-order valence-electron chi connectivity index (χ0n) is 8.84. The normalized spacial score (nSPS) is 11.4. The van der Waals surface area contributed by atoms with E-state index in [4.69, 9.17) is 11.2 Å². The highest BCUT2D eigenvalue weighted by atomic mass is 79.9. The van der Waals surface area contributed by atoms with Gasteiger partial charge >= 0.3 is 5.97 Å². The molecule has 0 N–H and O–H groups in total. The minimum absolute atomic E-state index is 0.125. The van der Waals surface area contributed by atoms with Crippen molar-refractivity contribution >= 4 is 27.6 Å². The number of nitrogens with zero attached hydrogens (tertiary/aromatic N) is 1.